The number of anilines is 1. The Labute approximate surface area is 108 Å². The molecule has 1 aliphatic heterocycles. The van der Waals surface area contributed by atoms with Crippen LogP contribution in [0.5, 0.6) is 0 Å². The summed E-state index contributed by atoms with van der Waals surface area (Å²) in [6, 6.07) is 5.70. The highest BCUT2D eigenvalue weighted by Gasteiger charge is 2.19. The first-order valence-electron chi connectivity index (χ1n) is 6.48. The summed E-state index contributed by atoms with van der Waals surface area (Å²) in [5.74, 6) is 0.816. The molecular weight excluding hydrogens is 228 g/mol. The van der Waals surface area contributed by atoms with Crippen LogP contribution in [0.4, 0.5) is 5.82 Å². The fourth-order valence-electron chi connectivity index (χ4n) is 2.17. The first-order valence-corrected chi connectivity index (χ1v) is 6.48. The molecule has 1 amide bonds. The normalized spacial score (nSPS) is 18.9. The zero-order valence-electron chi connectivity index (χ0n) is 11.1. The highest BCUT2D eigenvalue weighted by Crippen LogP contribution is 2.18. The summed E-state index contributed by atoms with van der Waals surface area (Å²) < 4.78 is 5.52. The summed E-state index contributed by atoms with van der Waals surface area (Å²) >= 11 is 0. The summed E-state index contributed by atoms with van der Waals surface area (Å²) in [5, 5.41) is 0. The van der Waals surface area contributed by atoms with Crippen LogP contribution < -0.4 is 4.90 Å². The van der Waals surface area contributed by atoms with E-state index in [2.05, 4.69) is 4.98 Å². The number of rotatable bonds is 4. The van der Waals surface area contributed by atoms with Crippen LogP contribution in [0.3, 0.4) is 0 Å². The quantitative estimate of drug-likeness (QED) is 0.821. The predicted octanol–water partition coefficient (Wildman–Crippen LogP) is 2.31. The molecular formula is C14H20N2O2. The molecule has 1 fully saturated rings. The van der Waals surface area contributed by atoms with Crippen molar-refractivity contribution in [1.29, 1.82) is 0 Å². The molecule has 2 rings (SSSR count). The Hall–Kier alpha value is -1.42. The van der Waals surface area contributed by atoms with Gasteiger partial charge in [-0.15, -0.1) is 0 Å². The summed E-state index contributed by atoms with van der Waals surface area (Å²) in [5.41, 5.74) is 0.922. The predicted molar refractivity (Wildman–Crippen MR) is 70.6 cm³/mol. The van der Waals surface area contributed by atoms with Crippen LogP contribution in [0.15, 0.2) is 18.2 Å². The van der Waals surface area contributed by atoms with E-state index in [1.165, 1.54) is 0 Å². The van der Waals surface area contributed by atoms with Gasteiger partial charge < -0.3 is 4.74 Å². The smallest absolute Gasteiger partial charge is 0.227 e. The lowest BCUT2D eigenvalue weighted by molar-refractivity contribution is -0.118. The lowest BCUT2D eigenvalue weighted by atomic mass is 10.1. The van der Waals surface area contributed by atoms with Gasteiger partial charge in [-0.3, -0.25) is 9.69 Å². The van der Waals surface area contributed by atoms with E-state index < -0.39 is 0 Å². The number of nitrogens with zero attached hydrogens (tertiary/aromatic N) is 2. The fraction of sp³-hybridized carbons (Fsp3) is 0.571. The van der Waals surface area contributed by atoms with Gasteiger partial charge in [-0.25, -0.2) is 4.98 Å². The van der Waals surface area contributed by atoms with Crippen molar-refractivity contribution in [2.75, 3.05) is 18.6 Å². The number of pyridine rings is 1. The maximum Gasteiger partial charge on any atom is 0.227 e. The fourth-order valence-corrected chi connectivity index (χ4v) is 2.17. The Morgan fingerprint density at radius 3 is 3.06 bits per heavy atom. The third-order valence-electron chi connectivity index (χ3n) is 3.30. The van der Waals surface area contributed by atoms with Gasteiger partial charge >= 0.3 is 0 Å². The first-order chi connectivity index (χ1) is 8.66. The zero-order valence-corrected chi connectivity index (χ0v) is 11.1. The van der Waals surface area contributed by atoms with Gasteiger partial charge in [0.05, 0.1) is 6.10 Å². The van der Waals surface area contributed by atoms with E-state index >= 15 is 0 Å². The molecule has 98 valence electrons. The molecule has 18 heavy (non-hydrogen) atoms. The molecule has 1 atom stereocenters. The maximum absolute atomic E-state index is 12.0. The molecule has 0 N–H and O–H groups in total. The Morgan fingerprint density at radius 2 is 2.39 bits per heavy atom. The van der Waals surface area contributed by atoms with Gasteiger partial charge in [-0.2, -0.15) is 0 Å². The molecule has 1 saturated heterocycles. The van der Waals surface area contributed by atoms with Crippen LogP contribution in [0.2, 0.25) is 0 Å². The third-order valence-corrected chi connectivity index (χ3v) is 3.30. The van der Waals surface area contributed by atoms with E-state index in [1.54, 1.807) is 11.9 Å². The highest BCUT2D eigenvalue weighted by atomic mass is 16.5. The molecule has 0 spiro atoms. The minimum Gasteiger partial charge on any atom is -0.378 e. The Kier molecular flexibility index (Phi) is 4.31. The van der Waals surface area contributed by atoms with Crippen LogP contribution in [-0.2, 0) is 9.53 Å². The molecule has 0 radical (unpaired) electrons. The van der Waals surface area contributed by atoms with Crippen LogP contribution >= 0.6 is 0 Å². The molecule has 0 bridgehead atoms. The molecule has 1 unspecified atom stereocenters. The van der Waals surface area contributed by atoms with Crippen molar-refractivity contribution in [1.82, 2.24) is 4.98 Å². The van der Waals surface area contributed by atoms with Gasteiger partial charge in [-0.1, -0.05) is 6.07 Å². The summed E-state index contributed by atoms with van der Waals surface area (Å²) in [4.78, 5) is 18.0. The molecule has 4 heteroatoms. The van der Waals surface area contributed by atoms with Gasteiger partial charge in [0.1, 0.15) is 5.82 Å². The molecule has 1 aliphatic rings. The van der Waals surface area contributed by atoms with E-state index in [9.17, 15) is 4.79 Å². The molecule has 4 nitrogen and oxygen atoms in total. The van der Waals surface area contributed by atoms with Crippen molar-refractivity contribution >= 4 is 11.7 Å². The van der Waals surface area contributed by atoms with Crippen LogP contribution in [0, 0.1) is 6.92 Å². The van der Waals surface area contributed by atoms with Crippen molar-refractivity contribution in [3.8, 4) is 0 Å². The largest absolute Gasteiger partial charge is 0.378 e. The Balaban J connectivity index is 1.87. The van der Waals surface area contributed by atoms with Crippen LogP contribution in [0.25, 0.3) is 0 Å². The highest BCUT2D eigenvalue weighted by molar-refractivity contribution is 5.91. The van der Waals surface area contributed by atoms with Crippen molar-refractivity contribution in [2.45, 2.75) is 38.7 Å². The molecule has 1 aromatic rings. The SMILES string of the molecule is Cc1cccc(N(C)C(=O)CCC2CCCO2)n1. The third kappa shape index (κ3) is 3.29. The van der Waals surface area contributed by atoms with Crippen molar-refractivity contribution in [3.05, 3.63) is 23.9 Å². The average molecular weight is 248 g/mol. The number of carbonyl (C=O) groups excluding carboxylic acids is 1. The number of amides is 1. The molecule has 0 aliphatic carbocycles. The summed E-state index contributed by atoms with van der Waals surface area (Å²) in [6.45, 7) is 2.77. The number of aromatic nitrogens is 1. The van der Waals surface area contributed by atoms with E-state index in [4.69, 9.17) is 4.74 Å². The average Bonchev–Trinajstić information content (AvgIpc) is 2.88. The van der Waals surface area contributed by atoms with Gasteiger partial charge in [0.25, 0.3) is 0 Å². The van der Waals surface area contributed by atoms with E-state index in [1.807, 2.05) is 25.1 Å². The second-order valence-electron chi connectivity index (χ2n) is 4.76. The van der Waals surface area contributed by atoms with Gasteiger partial charge in [-0.05, 0) is 38.3 Å². The number of hydrogen-bond acceptors (Lipinski definition) is 3. The second-order valence-corrected chi connectivity index (χ2v) is 4.76. The minimum atomic E-state index is 0.101. The van der Waals surface area contributed by atoms with Crippen molar-refractivity contribution < 1.29 is 9.53 Å². The molecule has 1 aromatic heterocycles. The summed E-state index contributed by atoms with van der Waals surface area (Å²) in [6.07, 6.45) is 3.81. The standard InChI is InChI=1S/C14H20N2O2/c1-11-5-3-7-13(15-11)16(2)14(17)9-8-12-6-4-10-18-12/h3,5,7,12H,4,6,8-10H2,1-2H3. The summed E-state index contributed by atoms with van der Waals surface area (Å²) in [7, 11) is 1.78. The molecule has 0 saturated carbocycles. The Bertz CT molecular complexity index is 414. The first kappa shape index (κ1) is 13.0. The maximum atomic E-state index is 12.0. The minimum absolute atomic E-state index is 0.101. The molecule has 2 heterocycles. The topological polar surface area (TPSA) is 42.4 Å². The second kappa shape index (κ2) is 5.96. The van der Waals surface area contributed by atoms with Gasteiger partial charge in [0.15, 0.2) is 0 Å². The number of aryl methyl sites for hydroxylation is 1. The lowest BCUT2D eigenvalue weighted by Gasteiger charge is -2.17. The number of ether oxygens (including phenoxy) is 1. The lowest BCUT2D eigenvalue weighted by Crippen LogP contribution is -2.27. The van der Waals surface area contributed by atoms with E-state index in [0.717, 1.165) is 31.6 Å². The van der Waals surface area contributed by atoms with E-state index in [0.29, 0.717) is 12.2 Å². The molecule has 0 aromatic carbocycles. The Morgan fingerprint density at radius 1 is 1.56 bits per heavy atom. The van der Waals surface area contributed by atoms with Gasteiger partial charge in [0.2, 0.25) is 5.91 Å². The monoisotopic (exact) mass is 248 g/mol. The van der Waals surface area contributed by atoms with Crippen molar-refractivity contribution in [2.24, 2.45) is 0 Å². The zero-order chi connectivity index (χ0) is 13.0. The van der Waals surface area contributed by atoms with E-state index in [-0.39, 0.29) is 12.0 Å². The van der Waals surface area contributed by atoms with Gasteiger partial charge in [0, 0.05) is 25.8 Å². The van der Waals surface area contributed by atoms with Crippen LogP contribution in [-0.4, -0.2) is 30.6 Å². The number of carbonyl (C=O) groups is 1. The van der Waals surface area contributed by atoms with Crippen molar-refractivity contribution in [3.63, 3.8) is 0 Å². The van der Waals surface area contributed by atoms with Crippen LogP contribution in [0.1, 0.15) is 31.4 Å². The number of hydrogen-bond donors (Lipinski definition) is 0.